The highest BCUT2D eigenvalue weighted by atomic mass is 19.2. The summed E-state index contributed by atoms with van der Waals surface area (Å²) in [5.74, 6) is -1.58. The molecule has 1 aliphatic carbocycles. The Kier molecular flexibility index (Phi) is 5.99. The number of benzene rings is 3. The summed E-state index contributed by atoms with van der Waals surface area (Å²) in [5.41, 5.74) is 2.42. The van der Waals surface area contributed by atoms with E-state index in [0.717, 1.165) is 12.8 Å². The standard InChI is InChI=1S/C27H27F3/c1-3-5-17-6-8-19(9-7-17)20-11-13-21(14-12-20)23-16-22-15-10-18(4-2)25(28)24(22)27(30)26(23)29/h3,5,10-17,19H,4,6-9H2,1-2H3/b5-3+. The Labute approximate surface area is 176 Å². The molecule has 0 radical (unpaired) electrons. The summed E-state index contributed by atoms with van der Waals surface area (Å²) in [6.07, 6.45) is 9.52. The molecule has 1 saturated carbocycles. The molecule has 0 nitrogen and oxygen atoms in total. The minimum atomic E-state index is -1.11. The zero-order valence-electron chi connectivity index (χ0n) is 17.5. The summed E-state index contributed by atoms with van der Waals surface area (Å²) in [4.78, 5) is 0. The monoisotopic (exact) mass is 408 g/mol. The van der Waals surface area contributed by atoms with E-state index >= 15 is 0 Å². The van der Waals surface area contributed by atoms with Crippen LogP contribution in [-0.4, -0.2) is 0 Å². The molecule has 0 amide bonds. The topological polar surface area (TPSA) is 0 Å². The van der Waals surface area contributed by atoms with Crippen LogP contribution in [0.4, 0.5) is 13.2 Å². The lowest BCUT2D eigenvalue weighted by Gasteiger charge is -2.27. The van der Waals surface area contributed by atoms with Gasteiger partial charge < -0.3 is 0 Å². The molecule has 3 heteroatoms. The molecule has 156 valence electrons. The first kappa shape index (κ1) is 20.7. The van der Waals surface area contributed by atoms with Crippen LogP contribution < -0.4 is 0 Å². The molecule has 0 bridgehead atoms. The molecule has 0 heterocycles. The molecule has 0 spiro atoms. The van der Waals surface area contributed by atoms with Gasteiger partial charge in [-0.1, -0.05) is 55.5 Å². The van der Waals surface area contributed by atoms with Crippen LogP contribution in [0.2, 0.25) is 0 Å². The lowest BCUT2D eigenvalue weighted by molar-refractivity contribution is 0.376. The number of allylic oxidation sites excluding steroid dienone is 2. The van der Waals surface area contributed by atoms with E-state index in [1.807, 2.05) is 24.3 Å². The number of hydrogen-bond donors (Lipinski definition) is 0. The van der Waals surface area contributed by atoms with Gasteiger partial charge in [-0.25, -0.2) is 13.2 Å². The van der Waals surface area contributed by atoms with Crippen LogP contribution in [0.15, 0.2) is 54.6 Å². The number of halogens is 3. The molecule has 3 aromatic rings. The second-order valence-corrected chi connectivity index (χ2v) is 8.30. The summed E-state index contributed by atoms with van der Waals surface area (Å²) in [5, 5.41) is 0.120. The van der Waals surface area contributed by atoms with Crippen LogP contribution >= 0.6 is 0 Å². The van der Waals surface area contributed by atoms with E-state index in [0.29, 0.717) is 34.8 Å². The third-order valence-corrected chi connectivity index (χ3v) is 6.51. The zero-order chi connectivity index (χ0) is 21.3. The van der Waals surface area contributed by atoms with Crippen molar-refractivity contribution >= 4 is 10.8 Å². The lowest BCUT2D eigenvalue weighted by Crippen LogP contribution is -2.11. The minimum Gasteiger partial charge on any atom is -0.206 e. The van der Waals surface area contributed by atoms with Crippen molar-refractivity contribution in [2.75, 3.05) is 0 Å². The number of fused-ring (bicyclic) bond motifs is 1. The lowest BCUT2D eigenvalue weighted by atomic mass is 9.78. The Balaban J connectivity index is 1.64. The first-order valence-electron chi connectivity index (χ1n) is 10.9. The molecule has 0 aliphatic heterocycles. The average Bonchev–Trinajstić information content (AvgIpc) is 2.77. The molecule has 1 aliphatic rings. The van der Waals surface area contributed by atoms with Crippen molar-refractivity contribution in [3.63, 3.8) is 0 Å². The van der Waals surface area contributed by atoms with Crippen molar-refractivity contribution in [2.45, 2.75) is 51.9 Å². The molecular formula is C27H27F3. The normalized spacial score (nSPS) is 19.6. The zero-order valence-corrected chi connectivity index (χ0v) is 17.5. The Morgan fingerprint density at radius 1 is 0.867 bits per heavy atom. The number of aryl methyl sites for hydroxylation is 1. The molecule has 0 N–H and O–H groups in total. The van der Waals surface area contributed by atoms with Gasteiger partial charge in [-0.15, -0.1) is 0 Å². The van der Waals surface area contributed by atoms with Gasteiger partial charge in [0, 0.05) is 5.56 Å². The van der Waals surface area contributed by atoms with Gasteiger partial charge in [0.1, 0.15) is 5.82 Å². The molecular weight excluding hydrogens is 381 g/mol. The summed E-state index contributed by atoms with van der Waals surface area (Å²) >= 11 is 0. The van der Waals surface area contributed by atoms with Gasteiger partial charge in [0.2, 0.25) is 0 Å². The van der Waals surface area contributed by atoms with Crippen LogP contribution in [0.1, 0.15) is 56.6 Å². The molecule has 1 fully saturated rings. The van der Waals surface area contributed by atoms with Gasteiger partial charge >= 0.3 is 0 Å². The first-order valence-corrected chi connectivity index (χ1v) is 10.9. The van der Waals surface area contributed by atoms with Gasteiger partial charge in [-0.3, -0.25) is 0 Å². The molecule has 0 saturated heterocycles. The predicted octanol–water partition coefficient (Wildman–Crippen LogP) is 8.34. The largest absolute Gasteiger partial charge is 0.206 e. The third kappa shape index (κ3) is 3.78. The van der Waals surface area contributed by atoms with E-state index in [1.54, 1.807) is 25.1 Å². The Bertz CT molecular complexity index is 1070. The summed E-state index contributed by atoms with van der Waals surface area (Å²) < 4.78 is 44.2. The predicted molar refractivity (Wildman–Crippen MR) is 118 cm³/mol. The highest BCUT2D eigenvalue weighted by Crippen LogP contribution is 2.38. The van der Waals surface area contributed by atoms with Crippen LogP contribution in [0.5, 0.6) is 0 Å². The van der Waals surface area contributed by atoms with E-state index < -0.39 is 17.5 Å². The van der Waals surface area contributed by atoms with Crippen LogP contribution in [-0.2, 0) is 6.42 Å². The maximum Gasteiger partial charge on any atom is 0.170 e. The van der Waals surface area contributed by atoms with Crippen molar-refractivity contribution in [3.8, 4) is 11.1 Å². The van der Waals surface area contributed by atoms with Gasteiger partial charge in [0.05, 0.1) is 5.39 Å². The fourth-order valence-electron chi connectivity index (χ4n) is 4.76. The molecule has 0 unspecified atom stereocenters. The molecule has 30 heavy (non-hydrogen) atoms. The maximum atomic E-state index is 14.9. The quantitative estimate of drug-likeness (QED) is 0.381. The minimum absolute atomic E-state index is 0.173. The third-order valence-electron chi connectivity index (χ3n) is 6.51. The van der Waals surface area contributed by atoms with Gasteiger partial charge in [-0.2, -0.15) is 0 Å². The van der Waals surface area contributed by atoms with Crippen molar-refractivity contribution in [3.05, 3.63) is 83.2 Å². The fourth-order valence-corrected chi connectivity index (χ4v) is 4.76. The molecule has 0 atom stereocenters. The highest BCUT2D eigenvalue weighted by molar-refractivity contribution is 5.89. The second kappa shape index (κ2) is 8.67. The summed E-state index contributed by atoms with van der Waals surface area (Å²) in [6, 6.07) is 12.6. The Hall–Kier alpha value is -2.55. The maximum absolute atomic E-state index is 14.9. The van der Waals surface area contributed by atoms with Crippen molar-refractivity contribution < 1.29 is 13.2 Å². The van der Waals surface area contributed by atoms with Gasteiger partial charge in [0.15, 0.2) is 11.6 Å². The smallest absolute Gasteiger partial charge is 0.170 e. The van der Waals surface area contributed by atoms with Crippen molar-refractivity contribution in [1.82, 2.24) is 0 Å². The van der Waals surface area contributed by atoms with E-state index in [-0.39, 0.29) is 10.9 Å². The average molecular weight is 409 g/mol. The SMILES string of the molecule is C/C=C/C1CCC(c2ccc(-c3cc4ccc(CC)c(F)c4c(F)c3F)cc2)CC1. The molecule has 3 aromatic carbocycles. The summed E-state index contributed by atoms with van der Waals surface area (Å²) in [6.45, 7) is 3.86. The first-order chi connectivity index (χ1) is 14.5. The number of hydrogen-bond acceptors (Lipinski definition) is 0. The fraction of sp³-hybridized carbons (Fsp3) is 0.333. The van der Waals surface area contributed by atoms with Gasteiger partial charge in [-0.05, 0) is 79.0 Å². The Morgan fingerprint density at radius 3 is 2.20 bits per heavy atom. The Morgan fingerprint density at radius 2 is 1.57 bits per heavy atom. The number of rotatable bonds is 4. The van der Waals surface area contributed by atoms with E-state index in [9.17, 15) is 13.2 Å². The van der Waals surface area contributed by atoms with E-state index in [1.165, 1.54) is 18.4 Å². The van der Waals surface area contributed by atoms with Crippen LogP contribution in [0.25, 0.3) is 21.9 Å². The highest BCUT2D eigenvalue weighted by Gasteiger charge is 2.22. The van der Waals surface area contributed by atoms with Crippen molar-refractivity contribution in [1.29, 1.82) is 0 Å². The van der Waals surface area contributed by atoms with E-state index in [2.05, 4.69) is 19.1 Å². The molecule has 4 rings (SSSR count). The summed E-state index contributed by atoms with van der Waals surface area (Å²) in [7, 11) is 0. The van der Waals surface area contributed by atoms with E-state index in [4.69, 9.17) is 0 Å². The second-order valence-electron chi connectivity index (χ2n) is 8.30. The van der Waals surface area contributed by atoms with Gasteiger partial charge in [0.25, 0.3) is 0 Å². The van der Waals surface area contributed by atoms with Crippen molar-refractivity contribution in [2.24, 2.45) is 5.92 Å². The van der Waals surface area contributed by atoms with Crippen LogP contribution in [0, 0.1) is 23.4 Å². The van der Waals surface area contributed by atoms with Crippen LogP contribution in [0.3, 0.4) is 0 Å². The molecule has 0 aromatic heterocycles.